The van der Waals surface area contributed by atoms with Gasteiger partial charge < -0.3 is 0 Å². The van der Waals surface area contributed by atoms with Crippen LogP contribution >= 0.6 is 0 Å². The van der Waals surface area contributed by atoms with Crippen LogP contribution < -0.4 is 0 Å². The van der Waals surface area contributed by atoms with E-state index in [-0.39, 0.29) is 5.95 Å². The largest absolute Gasteiger partial charge is 0.241 e. The van der Waals surface area contributed by atoms with Gasteiger partial charge in [0.25, 0.3) is 0 Å². The van der Waals surface area contributed by atoms with Crippen LogP contribution in [0.2, 0.25) is 0 Å². The Morgan fingerprint density at radius 1 is 1.32 bits per heavy atom. The zero-order valence-corrected chi connectivity index (χ0v) is 10.7. The quantitative estimate of drug-likeness (QED) is 0.363. The lowest BCUT2D eigenvalue weighted by Crippen LogP contribution is -1.97. The zero-order chi connectivity index (χ0) is 13.7. The molecule has 0 amide bonds. The third-order valence-corrected chi connectivity index (χ3v) is 2.54. The van der Waals surface area contributed by atoms with Gasteiger partial charge in [-0.05, 0) is 23.1 Å². The van der Waals surface area contributed by atoms with E-state index < -0.39 is 0 Å². The van der Waals surface area contributed by atoms with Gasteiger partial charge >= 0.3 is 0 Å². The molecule has 0 saturated heterocycles. The lowest BCUT2D eigenvalue weighted by Gasteiger charge is -1.99. The molecule has 96 valence electrons. The number of nitrogens with zero attached hydrogens (tertiary/aromatic N) is 7. The summed E-state index contributed by atoms with van der Waals surface area (Å²) in [5.41, 5.74) is 10.6. The molecule has 0 bridgehead atoms. The van der Waals surface area contributed by atoms with Crippen LogP contribution in [0.25, 0.3) is 10.4 Å². The SMILES string of the molecule is CCc1nnc(N=[N+]=[N-])n1/N=C/c1ccc(C)cc1. The number of hydrogen-bond acceptors (Lipinski definition) is 4. The molecule has 0 aliphatic heterocycles. The van der Waals surface area contributed by atoms with Gasteiger partial charge in [-0.15, -0.1) is 10.2 Å². The highest BCUT2D eigenvalue weighted by Crippen LogP contribution is 2.12. The second-order valence-electron chi connectivity index (χ2n) is 3.93. The smallest absolute Gasteiger partial charge is 0.195 e. The van der Waals surface area contributed by atoms with Crippen LogP contribution in [0.4, 0.5) is 5.95 Å². The molecule has 1 aromatic heterocycles. The first-order valence-corrected chi connectivity index (χ1v) is 5.85. The highest BCUT2D eigenvalue weighted by atomic mass is 15.5. The van der Waals surface area contributed by atoms with Crippen molar-refractivity contribution in [3.63, 3.8) is 0 Å². The molecule has 2 aromatic rings. The molecule has 0 aliphatic rings. The molecule has 0 unspecified atom stereocenters. The van der Waals surface area contributed by atoms with Crippen LogP contribution in [0, 0.1) is 6.92 Å². The van der Waals surface area contributed by atoms with Crippen LogP contribution in [0.5, 0.6) is 0 Å². The third-order valence-electron chi connectivity index (χ3n) is 2.54. The van der Waals surface area contributed by atoms with Gasteiger partial charge in [0.1, 0.15) is 0 Å². The molecule has 0 aliphatic carbocycles. The lowest BCUT2D eigenvalue weighted by atomic mass is 10.2. The van der Waals surface area contributed by atoms with Gasteiger partial charge in [0.15, 0.2) is 5.82 Å². The molecule has 0 atom stereocenters. The van der Waals surface area contributed by atoms with Crippen molar-refractivity contribution in [1.82, 2.24) is 14.9 Å². The van der Waals surface area contributed by atoms with E-state index in [9.17, 15) is 0 Å². The first-order chi connectivity index (χ1) is 9.24. The van der Waals surface area contributed by atoms with Crippen molar-refractivity contribution in [3.8, 4) is 0 Å². The Labute approximate surface area is 110 Å². The Bertz CT molecular complexity index is 633. The summed E-state index contributed by atoms with van der Waals surface area (Å²) in [5.74, 6) is 0.786. The minimum absolute atomic E-state index is 0.141. The molecular formula is C12H13N7. The molecule has 1 aromatic carbocycles. The fourth-order valence-electron chi connectivity index (χ4n) is 1.52. The normalized spacial score (nSPS) is 10.6. The van der Waals surface area contributed by atoms with Gasteiger partial charge in [-0.1, -0.05) is 36.8 Å². The minimum atomic E-state index is 0.141. The van der Waals surface area contributed by atoms with Crippen molar-refractivity contribution < 1.29 is 0 Å². The fraction of sp³-hybridized carbons (Fsp3) is 0.250. The Kier molecular flexibility index (Phi) is 3.90. The van der Waals surface area contributed by atoms with E-state index in [0.29, 0.717) is 12.2 Å². The molecule has 1 heterocycles. The van der Waals surface area contributed by atoms with Gasteiger partial charge in [-0.3, -0.25) is 0 Å². The maximum Gasteiger partial charge on any atom is 0.241 e. The summed E-state index contributed by atoms with van der Waals surface area (Å²) >= 11 is 0. The number of rotatable bonds is 4. The zero-order valence-electron chi connectivity index (χ0n) is 10.7. The fourth-order valence-corrected chi connectivity index (χ4v) is 1.52. The average molecular weight is 255 g/mol. The van der Waals surface area contributed by atoms with Gasteiger partial charge in [0, 0.05) is 11.3 Å². The number of benzene rings is 1. The first-order valence-electron chi connectivity index (χ1n) is 5.85. The molecule has 7 heteroatoms. The summed E-state index contributed by atoms with van der Waals surface area (Å²) in [5, 5.41) is 15.4. The Balaban J connectivity index is 2.33. The van der Waals surface area contributed by atoms with E-state index in [1.165, 1.54) is 10.2 Å². The molecule has 0 saturated carbocycles. The summed E-state index contributed by atoms with van der Waals surface area (Å²) in [7, 11) is 0. The van der Waals surface area contributed by atoms with Crippen LogP contribution in [-0.4, -0.2) is 21.1 Å². The average Bonchev–Trinajstić information content (AvgIpc) is 2.81. The van der Waals surface area contributed by atoms with Crippen molar-refractivity contribution in [2.24, 2.45) is 10.2 Å². The monoisotopic (exact) mass is 255 g/mol. The number of aromatic nitrogens is 3. The Hall–Kier alpha value is -2.66. The first kappa shape index (κ1) is 12.8. The van der Waals surface area contributed by atoms with Crippen LogP contribution in [0.1, 0.15) is 23.9 Å². The van der Waals surface area contributed by atoms with Gasteiger partial charge in [-0.25, -0.2) is 0 Å². The standard InChI is InChI=1S/C12H13N7/c1-3-11-15-16-12(17-18-13)19(11)14-8-10-6-4-9(2)5-7-10/h4-8H,3H2,1-2H3/b14-8+. The van der Waals surface area contributed by atoms with Gasteiger partial charge in [-0.2, -0.15) is 9.78 Å². The number of hydrogen-bond donors (Lipinski definition) is 0. The molecular weight excluding hydrogens is 242 g/mol. The van der Waals surface area contributed by atoms with E-state index in [4.69, 9.17) is 5.53 Å². The van der Waals surface area contributed by atoms with E-state index in [1.54, 1.807) is 6.21 Å². The predicted octanol–water partition coefficient (Wildman–Crippen LogP) is 2.97. The second kappa shape index (κ2) is 5.79. The van der Waals surface area contributed by atoms with E-state index in [1.807, 2.05) is 38.1 Å². The lowest BCUT2D eigenvalue weighted by molar-refractivity contribution is 0.788. The van der Waals surface area contributed by atoms with Crippen molar-refractivity contribution in [2.45, 2.75) is 20.3 Å². The summed E-state index contributed by atoms with van der Waals surface area (Å²) in [6.07, 6.45) is 2.33. The van der Waals surface area contributed by atoms with Crippen LogP contribution in [0.15, 0.2) is 34.5 Å². The maximum atomic E-state index is 8.47. The van der Waals surface area contributed by atoms with Crippen molar-refractivity contribution in [2.75, 3.05) is 0 Å². The number of aryl methyl sites for hydroxylation is 2. The number of azide groups is 1. The molecule has 0 spiro atoms. The molecule has 2 rings (SSSR count). The van der Waals surface area contributed by atoms with E-state index in [0.717, 1.165) is 5.56 Å². The van der Waals surface area contributed by atoms with Crippen LogP contribution in [0.3, 0.4) is 0 Å². The summed E-state index contributed by atoms with van der Waals surface area (Å²) in [6, 6.07) is 7.93. The molecule has 0 radical (unpaired) electrons. The Morgan fingerprint density at radius 2 is 2.05 bits per heavy atom. The molecule has 0 fully saturated rings. The van der Waals surface area contributed by atoms with Gasteiger partial charge in [0.2, 0.25) is 5.95 Å². The minimum Gasteiger partial charge on any atom is -0.195 e. The maximum absolute atomic E-state index is 8.47. The molecule has 19 heavy (non-hydrogen) atoms. The van der Waals surface area contributed by atoms with E-state index >= 15 is 0 Å². The summed E-state index contributed by atoms with van der Waals surface area (Å²) in [4.78, 5) is 2.71. The highest BCUT2D eigenvalue weighted by Gasteiger charge is 2.07. The summed E-state index contributed by atoms with van der Waals surface area (Å²) in [6.45, 7) is 3.96. The predicted molar refractivity (Wildman–Crippen MR) is 72.4 cm³/mol. The van der Waals surface area contributed by atoms with Gasteiger partial charge in [0.05, 0.1) is 6.21 Å². The second-order valence-corrected chi connectivity index (χ2v) is 3.93. The van der Waals surface area contributed by atoms with Crippen LogP contribution in [-0.2, 0) is 6.42 Å². The van der Waals surface area contributed by atoms with Crippen molar-refractivity contribution in [3.05, 3.63) is 51.7 Å². The summed E-state index contributed by atoms with van der Waals surface area (Å²) < 4.78 is 1.44. The Morgan fingerprint density at radius 3 is 2.68 bits per heavy atom. The topological polar surface area (TPSA) is 91.8 Å². The van der Waals surface area contributed by atoms with Crippen molar-refractivity contribution >= 4 is 12.2 Å². The molecule has 0 N–H and O–H groups in total. The van der Waals surface area contributed by atoms with Crippen molar-refractivity contribution in [1.29, 1.82) is 0 Å². The van der Waals surface area contributed by atoms with E-state index in [2.05, 4.69) is 25.3 Å². The third kappa shape index (κ3) is 2.97. The highest BCUT2D eigenvalue weighted by molar-refractivity contribution is 5.79. The molecule has 7 nitrogen and oxygen atoms in total.